The van der Waals surface area contributed by atoms with Crippen molar-refractivity contribution >= 4 is 23.1 Å². The predicted molar refractivity (Wildman–Crippen MR) is 95.8 cm³/mol. The lowest BCUT2D eigenvalue weighted by Gasteiger charge is -2.06. The lowest BCUT2D eigenvalue weighted by Crippen LogP contribution is -2.00. The molecule has 0 unspecified atom stereocenters. The maximum absolute atomic E-state index is 5.31. The summed E-state index contributed by atoms with van der Waals surface area (Å²) in [6, 6.07) is 8.10. The molecule has 126 valence electrons. The van der Waals surface area contributed by atoms with Crippen molar-refractivity contribution in [3.05, 3.63) is 52.0 Å². The second-order valence-electron chi connectivity index (χ2n) is 5.45. The SMILES string of the molecule is Cc1ccc(-n2nnnc2SCc2nc(-c3ccsc3)no2)cc1C. The zero-order valence-corrected chi connectivity index (χ0v) is 15.2. The zero-order valence-electron chi connectivity index (χ0n) is 13.6. The van der Waals surface area contributed by atoms with Crippen LogP contribution in [0.3, 0.4) is 0 Å². The summed E-state index contributed by atoms with van der Waals surface area (Å²) in [6.07, 6.45) is 0. The van der Waals surface area contributed by atoms with Crippen LogP contribution in [0.2, 0.25) is 0 Å². The number of nitrogens with zero attached hydrogens (tertiary/aromatic N) is 6. The Morgan fingerprint density at radius 1 is 1.20 bits per heavy atom. The number of hydrogen-bond acceptors (Lipinski definition) is 8. The molecule has 0 spiro atoms. The van der Waals surface area contributed by atoms with Crippen LogP contribution in [0.5, 0.6) is 0 Å². The fourth-order valence-corrected chi connectivity index (χ4v) is 3.60. The van der Waals surface area contributed by atoms with E-state index in [2.05, 4.69) is 51.6 Å². The van der Waals surface area contributed by atoms with E-state index in [1.54, 1.807) is 16.0 Å². The largest absolute Gasteiger partial charge is 0.338 e. The Balaban J connectivity index is 1.51. The summed E-state index contributed by atoms with van der Waals surface area (Å²) in [5.41, 5.74) is 4.32. The van der Waals surface area contributed by atoms with Gasteiger partial charge in [-0.1, -0.05) is 23.0 Å². The van der Waals surface area contributed by atoms with E-state index in [-0.39, 0.29) is 0 Å². The van der Waals surface area contributed by atoms with Gasteiger partial charge >= 0.3 is 0 Å². The van der Waals surface area contributed by atoms with Gasteiger partial charge in [0.25, 0.3) is 0 Å². The first-order valence-electron chi connectivity index (χ1n) is 7.54. The number of aromatic nitrogens is 6. The molecular formula is C16H14N6OS2. The standard InChI is InChI=1S/C16H14N6OS2/c1-10-3-4-13(7-11(10)2)22-16(18-20-21-22)25-9-14-17-15(19-23-14)12-5-6-24-8-12/h3-8H,9H2,1-2H3. The third kappa shape index (κ3) is 3.33. The van der Waals surface area contributed by atoms with Gasteiger partial charge in [-0.25, -0.2) is 0 Å². The molecule has 0 aliphatic rings. The number of aryl methyl sites for hydroxylation is 2. The van der Waals surface area contributed by atoms with E-state index in [0.29, 0.717) is 22.6 Å². The Morgan fingerprint density at radius 2 is 2.12 bits per heavy atom. The highest BCUT2D eigenvalue weighted by Crippen LogP contribution is 2.25. The van der Waals surface area contributed by atoms with Crippen LogP contribution < -0.4 is 0 Å². The molecular weight excluding hydrogens is 356 g/mol. The van der Waals surface area contributed by atoms with Crippen molar-refractivity contribution in [1.29, 1.82) is 0 Å². The van der Waals surface area contributed by atoms with Crippen LogP contribution >= 0.6 is 23.1 Å². The molecule has 7 nitrogen and oxygen atoms in total. The van der Waals surface area contributed by atoms with Crippen LogP contribution in [-0.2, 0) is 5.75 Å². The molecule has 0 aliphatic carbocycles. The minimum absolute atomic E-state index is 0.502. The molecule has 0 radical (unpaired) electrons. The van der Waals surface area contributed by atoms with Crippen molar-refractivity contribution in [1.82, 2.24) is 30.3 Å². The summed E-state index contributed by atoms with van der Waals surface area (Å²) in [5, 5.41) is 20.6. The number of benzene rings is 1. The molecule has 0 N–H and O–H groups in total. The van der Waals surface area contributed by atoms with Gasteiger partial charge in [0.2, 0.25) is 16.9 Å². The molecule has 0 atom stereocenters. The fraction of sp³-hybridized carbons (Fsp3) is 0.188. The quantitative estimate of drug-likeness (QED) is 0.496. The van der Waals surface area contributed by atoms with Crippen molar-refractivity contribution in [2.45, 2.75) is 24.8 Å². The van der Waals surface area contributed by atoms with E-state index in [1.807, 2.05) is 22.9 Å². The molecule has 9 heteroatoms. The number of tetrazole rings is 1. The van der Waals surface area contributed by atoms with Gasteiger partial charge in [0.1, 0.15) is 0 Å². The second-order valence-corrected chi connectivity index (χ2v) is 7.18. The second kappa shape index (κ2) is 6.77. The third-order valence-electron chi connectivity index (χ3n) is 3.75. The van der Waals surface area contributed by atoms with Crippen LogP contribution in [0.15, 0.2) is 44.7 Å². The van der Waals surface area contributed by atoms with Crippen molar-refractivity contribution < 1.29 is 4.52 Å². The molecule has 0 saturated heterocycles. The van der Waals surface area contributed by atoms with Crippen LogP contribution in [0.4, 0.5) is 0 Å². The normalized spacial score (nSPS) is 11.1. The van der Waals surface area contributed by atoms with Gasteiger partial charge in [-0.05, 0) is 59.0 Å². The van der Waals surface area contributed by atoms with Gasteiger partial charge in [-0.3, -0.25) is 0 Å². The van der Waals surface area contributed by atoms with Crippen molar-refractivity contribution in [2.75, 3.05) is 0 Å². The average Bonchev–Trinajstić information content (AvgIpc) is 3.36. The Morgan fingerprint density at radius 3 is 2.92 bits per heavy atom. The average molecular weight is 370 g/mol. The summed E-state index contributed by atoms with van der Waals surface area (Å²) >= 11 is 3.06. The first-order valence-corrected chi connectivity index (χ1v) is 9.47. The van der Waals surface area contributed by atoms with E-state index in [4.69, 9.17) is 4.52 Å². The highest BCUT2D eigenvalue weighted by Gasteiger charge is 2.14. The van der Waals surface area contributed by atoms with E-state index >= 15 is 0 Å². The Bertz CT molecular complexity index is 992. The summed E-state index contributed by atoms with van der Waals surface area (Å²) < 4.78 is 7.03. The topological polar surface area (TPSA) is 82.5 Å². The van der Waals surface area contributed by atoms with Crippen molar-refractivity contribution in [3.8, 4) is 17.1 Å². The van der Waals surface area contributed by atoms with Gasteiger partial charge in [-0.2, -0.15) is 21.0 Å². The molecule has 25 heavy (non-hydrogen) atoms. The Labute approximate surface area is 152 Å². The molecule has 4 aromatic rings. The molecule has 0 saturated carbocycles. The molecule has 4 rings (SSSR count). The van der Waals surface area contributed by atoms with Gasteiger partial charge < -0.3 is 4.52 Å². The maximum atomic E-state index is 5.31. The molecule has 0 bridgehead atoms. The molecule has 0 amide bonds. The number of thiophene rings is 1. The van der Waals surface area contributed by atoms with Crippen molar-refractivity contribution in [2.24, 2.45) is 0 Å². The summed E-state index contributed by atoms with van der Waals surface area (Å²) in [4.78, 5) is 4.41. The van der Waals surface area contributed by atoms with E-state index in [9.17, 15) is 0 Å². The first kappa shape index (κ1) is 16.0. The Hall–Kier alpha value is -2.52. The van der Waals surface area contributed by atoms with E-state index in [1.165, 1.54) is 22.9 Å². The smallest absolute Gasteiger partial charge is 0.237 e. The number of rotatable bonds is 5. The van der Waals surface area contributed by atoms with Crippen molar-refractivity contribution in [3.63, 3.8) is 0 Å². The van der Waals surface area contributed by atoms with Crippen LogP contribution in [0.1, 0.15) is 17.0 Å². The Kier molecular flexibility index (Phi) is 4.33. The lowest BCUT2D eigenvalue weighted by molar-refractivity contribution is 0.391. The molecule has 3 aromatic heterocycles. The number of thioether (sulfide) groups is 1. The summed E-state index contributed by atoms with van der Waals surface area (Å²) in [5.74, 6) is 1.65. The van der Waals surface area contributed by atoms with Gasteiger partial charge in [0, 0.05) is 10.9 Å². The minimum Gasteiger partial charge on any atom is -0.338 e. The minimum atomic E-state index is 0.502. The van der Waals surface area contributed by atoms with E-state index < -0.39 is 0 Å². The zero-order chi connectivity index (χ0) is 17.2. The predicted octanol–water partition coefficient (Wildman–Crippen LogP) is 3.68. The maximum Gasteiger partial charge on any atom is 0.237 e. The summed E-state index contributed by atoms with van der Waals surface area (Å²) in [6.45, 7) is 4.15. The number of hydrogen-bond donors (Lipinski definition) is 0. The molecule has 0 fully saturated rings. The molecule has 0 aliphatic heterocycles. The van der Waals surface area contributed by atoms with Crippen LogP contribution in [-0.4, -0.2) is 30.3 Å². The van der Waals surface area contributed by atoms with Gasteiger partial charge in [-0.15, -0.1) is 5.10 Å². The third-order valence-corrected chi connectivity index (χ3v) is 5.34. The van der Waals surface area contributed by atoms with Crippen LogP contribution in [0, 0.1) is 13.8 Å². The fourth-order valence-electron chi connectivity index (χ4n) is 2.24. The summed E-state index contributed by atoms with van der Waals surface area (Å²) in [7, 11) is 0. The highest BCUT2D eigenvalue weighted by molar-refractivity contribution is 7.98. The first-order chi connectivity index (χ1) is 12.2. The lowest BCUT2D eigenvalue weighted by atomic mass is 10.1. The molecule has 3 heterocycles. The van der Waals surface area contributed by atoms with Crippen LogP contribution in [0.25, 0.3) is 17.1 Å². The van der Waals surface area contributed by atoms with Gasteiger partial charge in [0.05, 0.1) is 11.4 Å². The van der Waals surface area contributed by atoms with E-state index in [0.717, 1.165) is 11.3 Å². The highest BCUT2D eigenvalue weighted by atomic mass is 32.2. The van der Waals surface area contributed by atoms with Gasteiger partial charge in [0.15, 0.2) is 0 Å². The monoisotopic (exact) mass is 370 g/mol. The molecule has 1 aromatic carbocycles.